The third-order valence-corrected chi connectivity index (χ3v) is 6.44. The minimum absolute atomic E-state index is 0.0613. The van der Waals surface area contributed by atoms with Crippen LogP contribution in [0.1, 0.15) is 53.0 Å². The summed E-state index contributed by atoms with van der Waals surface area (Å²) in [5, 5.41) is 14.3. The van der Waals surface area contributed by atoms with Crippen LogP contribution in [-0.4, -0.2) is 34.4 Å². The van der Waals surface area contributed by atoms with Crippen LogP contribution in [0.25, 0.3) is 0 Å². The minimum Gasteiger partial charge on any atom is -0.387 e. The summed E-state index contributed by atoms with van der Waals surface area (Å²) >= 11 is 12.0. The Kier molecular flexibility index (Phi) is 9.29. The van der Waals surface area contributed by atoms with Gasteiger partial charge in [0.05, 0.1) is 22.7 Å². The number of hydrogen-bond acceptors (Lipinski definition) is 4. The monoisotopic (exact) mass is 513 g/mol. The standard InChI is InChI=1S/C27H29Cl2N3O3/c1-17(2)32(16-24(33)21-12-13-22(28)23(29)14-21)27(35)25(30)19-10-8-18(9-11-19)15-31-26(34)20-6-4-3-5-7-20/h3-14,17,24-25,33H,15-16,30H2,1-2H3,(H,31,34). The number of nitrogens with two attached hydrogens (primary N) is 1. The molecule has 35 heavy (non-hydrogen) atoms. The van der Waals surface area contributed by atoms with Gasteiger partial charge in [0.1, 0.15) is 6.04 Å². The maximum atomic E-state index is 13.2. The fourth-order valence-corrected chi connectivity index (χ4v) is 3.91. The maximum absolute atomic E-state index is 13.2. The van der Waals surface area contributed by atoms with Crippen LogP contribution < -0.4 is 11.1 Å². The Morgan fingerprint density at radius 1 is 0.943 bits per heavy atom. The number of aliphatic hydroxyl groups is 1. The molecule has 0 fully saturated rings. The summed E-state index contributed by atoms with van der Waals surface area (Å²) in [5.41, 5.74) is 8.98. The fraction of sp³-hybridized carbons (Fsp3) is 0.259. The van der Waals surface area contributed by atoms with Crippen molar-refractivity contribution in [3.05, 3.63) is 105 Å². The number of rotatable bonds is 9. The van der Waals surface area contributed by atoms with Crippen molar-refractivity contribution in [2.45, 2.75) is 38.6 Å². The predicted molar refractivity (Wildman–Crippen MR) is 139 cm³/mol. The molecule has 6 nitrogen and oxygen atoms in total. The summed E-state index contributed by atoms with van der Waals surface area (Å²) < 4.78 is 0. The van der Waals surface area contributed by atoms with Crippen LogP contribution in [0.4, 0.5) is 0 Å². The van der Waals surface area contributed by atoms with E-state index in [0.29, 0.717) is 33.3 Å². The molecule has 0 saturated carbocycles. The number of aliphatic hydroxyl groups excluding tert-OH is 1. The number of nitrogens with zero attached hydrogens (tertiary/aromatic N) is 1. The summed E-state index contributed by atoms with van der Waals surface area (Å²) in [5.74, 6) is -0.459. The normalized spacial score (nSPS) is 12.8. The van der Waals surface area contributed by atoms with Gasteiger partial charge < -0.3 is 21.1 Å². The van der Waals surface area contributed by atoms with Crippen LogP contribution in [-0.2, 0) is 11.3 Å². The van der Waals surface area contributed by atoms with Crippen molar-refractivity contribution in [2.24, 2.45) is 5.73 Å². The maximum Gasteiger partial charge on any atom is 0.251 e. The molecule has 0 heterocycles. The predicted octanol–water partition coefficient (Wildman–Crippen LogP) is 4.89. The van der Waals surface area contributed by atoms with Crippen LogP contribution in [0.3, 0.4) is 0 Å². The Morgan fingerprint density at radius 3 is 2.17 bits per heavy atom. The average molecular weight is 514 g/mol. The highest BCUT2D eigenvalue weighted by Crippen LogP contribution is 2.27. The summed E-state index contributed by atoms with van der Waals surface area (Å²) in [6.45, 7) is 4.15. The van der Waals surface area contributed by atoms with E-state index >= 15 is 0 Å². The topological polar surface area (TPSA) is 95.7 Å². The van der Waals surface area contributed by atoms with Gasteiger partial charge in [-0.25, -0.2) is 0 Å². The Bertz CT molecular complexity index is 1150. The van der Waals surface area contributed by atoms with Gasteiger partial charge in [-0.1, -0.05) is 71.7 Å². The lowest BCUT2D eigenvalue weighted by molar-refractivity contribution is -0.136. The van der Waals surface area contributed by atoms with E-state index in [4.69, 9.17) is 28.9 Å². The van der Waals surface area contributed by atoms with E-state index in [2.05, 4.69) is 5.32 Å². The van der Waals surface area contributed by atoms with Crippen LogP contribution in [0, 0.1) is 0 Å². The van der Waals surface area contributed by atoms with E-state index in [-0.39, 0.29) is 24.4 Å². The molecule has 0 saturated heterocycles. The number of halogens is 2. The lowest BCUT2D eigenvalue weighted by atomic mass is 10.0. The van der Waals surface area contributed by atoms with Crippen molar-refractivity contribution in [3.8, 4) is 0 Å². The second kappa shape index (κ2) is 12.2. The van der Waals surface area contributed by atoms with Crippen molar-refractivity contribution in [1.29, 1.82) is 0 Å². The van der Waals surface area contributed by atoms with Crippen molar-refractivity contribution in [2.75, 3.05) is 6.54 Å². The van der Waals surface area contributed by atoms with Crippen LogP contribution >= 0.6 is 23.2 Å². The van der Waals surface area contributed by atoms with Crippen LogP contribution in [0.2, 0.25) is 10.0 Å². The van der Waals surface area contributed by atoms with Gasteiger partial charge in [0.2, 0.25) is 5.91 Å². The number of benzene rings is 3. The third-order valence-electron chi connectivity index (χ3n) is 5.70. The van der Waals surface area contributed by atoms with Gasteiger partial charge >= 0.3 is 0 Å². The molecule has 4 N–H and O–H groups in total. The van der Waals surface area contributed by atoms with Gasteiger partial charge in [-0.2, -0.15) is 0 Å². The van der Waals surface area contributed by atoms with E-state index in [0.717, 1.165) is 5.56 Å². The highest BCUT2D eigenvalue weighted by atomic mass is 35.5. The molecule has 0 spiro atoms. The Hall–Kier alpha value is -2.90. The first-order valence-electron chi connectivity index (χ1n) is 11.3. The molecule has 3 aromatic rings. The molecule has 2 atom stereocenters. The number of carbonyl (C=O) groups is 2. The van der Waals surface area contributed by atoms with E-state index in [1.807, 2.05) is 44.2 Å². The molecular weight excluding hydrogens is 485 g/mol. The molecular formula is C27H29Cl2N3O3. The van der Waals surface area contributed by atoms with Gasteiger partial charge in [0, 0.05) is 18.2 Å². The van der Waals surface area contributed by atoms with Crippen LogP contribution in [0.5, 0.6) is 0 Å². The molecule has 8 heteroatoms. The molecule has 184 valence electrons. The quantitative estimate of drug-likeness (QED) is 0.379. The zero-order valence-corrected chi connectivity index (χ0v) is 21.1. The second-order valence-corrected chi connectivity index (χ2v) is 9.36. The summed E-state index contributed by atoms with van der Waals surface area (Å²) in [7, 11) is 0. The van der Waals surface area contributed by atoms with Gasteiger partial charge in [0.25, 0.3) is 5.91 Å². The molecule has 3 rings (SSSR count). The first kappa shape index (κ1) is 26.7. The van der Waals surface area contributed by atoms with E-state index < -0.39 is 12.1 Å². The van der Waals surface area contributed by atoms with Crippen molar-refractivity contribution >= 4 is 35.0 Å². The highest BCUT2D eigenvalue weighted by molar-refractivity contribution is 6.42. The minimum atomic E-state index is -0.945. The number of nitrogens with one attached hydrogen (secondary N) is 1. The number of amides is 2. The lowest BCUT2D eigenvalue weighted by Crippen LogP contribution is -2.44. The van der Waals surface area contributed by atoms with E-state index in [9.17, 15) is 14.7 Å². The molecule has 0 bridgehead atoms. The smallest absolute Gasteiger partial charge is 0.251 e. The molecule has 0 aliphatic rings. The van der Waals surface area contributed by atoms with Crippen molar-refractivity contribution < 1.29 is 14.7 Å². The molecule has 2 amide bonds. The van der Waals surface area contributed by atoms with E-state index in [1.54, 1.807) is 47.4 Å². The number of hydrogen-bond donors (Lipinski definition) is 3. The first-order chi connectivity index (χ1) is 16.7. The second-order valence-electron chi connectivity index (χ2n) is 8.54. The van der Waals surface area contributed by atoms with Crippen LogP contribution in [0.15, 0.2) is 72.8 Å². The summed E-state index contributed by atoms with van der Waals surface area (Å²) in [4.78, 5) is 27.0. The molecule has 0 aliphatic heterocycles. The number of carbonyl (C=O) groups excluding carboxylic acids is 2. The van der Waals surface area contributed by atoms with Crippen molar-refractivity contribution in [1.82, 2.24) is 10.2 Å². The Labute approximate surface area is 215 Å². The van der Waals surface area contributed by atoms with Gasteiger partial charge in [0.15, 0.2) is 0 Å². The summed E-state index contributed by atoms with van der Waals surface area (Å²) in [6.07, 6.45) is -0.945. The van der Waals surface area contributed by atoms with Gasteiger partial charge in [-0.05, 0) is 54.8 Å². The molecule has 0 aliphatic carbocycles. The van der Waals surface area contributed by atoms with Gasteiger partial charge in [-0.3, -0.25) is 9.59 Å². The van der Waals surface area contributed by atoms with Crippen molar-refractivity contribution in [3.63, 3.8) is 0 Å². The van der Waals surface area contributed by atoms with Gasteiger partial charge in [-0.15, -0.1) is 0 Å². The Balaban J connectivity index is 1.63. The molecule has 2 unspecified atom stereocenters. The largest absolute Gasteiger partial charge is 0.387 e. The van der Waals surface area contributed by atoms with E-state index in [1.165, 1.54) is 0 Å². The zero-order valence-electron chi connectivity index (χ0n) is 19.6. The fourth-order valence-electron chi connectivity index (χ4n) is 3.60. The summed E-state index contributed by atoms with van der Waals surface area (Å²) in [6, 6.07) is 20.0. The molecule has 3 aromatic carbocycles. The highest BCUT2D eigenvalue weighted by Gasteiger charge is 2.27. The molecule has 0 radical (unpaired) electrons. The first-order valence-corrected chi connectivity index (χ1v) is 12.0. The zero-order chi connectivity index (χ0) is 25.5. The average Bonchev–Trinajstić information content (AvgIpc) is 2.87. The molecule has 0 aromatic heterocycles. The Morgan fingerprint density at radius 2 is 1.57 bits per heavy atom. The third kappa shape index (κ3) is 7.05. The lowest BCUT2D eigenvalue weighted by Gasteiger charge is -2.31. The SMILES string of the molecule is CC(C)N(CC(O)c1ccc(Cl)c(Cl)c1)C(=O)C(N)c1ccc(CNC(=O)c2ccccc2)cc1.